The first-order chi connectivity index (χ1) is 11.1. The summed E-state index contributed by atoms with van der Waals surface area (Å²) in [6, 6.07) is 2.53. The zero-order valence-electron chi connectivity index (χ0n) is 14.2. The predicted molar refractivity (Wildman–Crippen MR) is 89.6 cm³/mol. The van der Waals surface area contributed by atoms with E-state index in [1.54, 1.807) is 6.33 Å². The Balaban J connectivity index is 1.52. The molecule has 1 aromatic heterocycles. The van der Waals surface area contributed by atoms with Crippen molar-refractivity contribution in [3.8, 4) is 0 Å². The maximum atomic E-state index is 10.6. The molecule has 0 radical (unpaired) electrons. The molecular formula is C17H28N4O2. The lowest BCUT2D eigenvalue weighted by molar-refractivity contribution is -0.102. The molecule has 2 aliphatic rings. The highest BCUT2D eigenvalue weighted by Crippen LogP contribution is 2.24. The first kappa shape index (κ1) is 16.6. The first-order valence-electron chi connectivity index (χ1n) is 8.60. The SMILES string of the molecule is Cc1cc(N(C)C2CCN(CC3(O)CCCOC3)CC2)ncn1. The molecular weight excluding hydrogens is 292 g/mol. The van der Waals surface area contributed by atoms with Gasteiger partial charge < -0.3 is 19.6 Å². The van der Waals surface area contributed by atoms with Crippen LogP contribution in [-0.2, 0) is 4.74 Å². The lowest BCUT2D eigenvalue weighted by Gasteiger charge is -2.41. The predicted octanol–water partition coefficient (Wildman–Crippen LogP) is 1.23. The summed E-state index contributed by atoms with van der Waals surface area (Å²) in [5.41, 5.74) is 0.347. The number of β-amino-alcohol motifs (C(OH)–C–C–N with tert-alkyl or cyclic N) is 1. The standard InChI is InChI=1S/C17H28N4O2/c1-14-10-16(19-13-18-14)20(2)15-4-7-21(8-5-15)11-17(22)6-3-9-23-12-17/h10,13,15,22H,3-9,11-12H2,1-2H3. The molecule has 2 fully saturated rings. The van der Waals surface area contributed by atoms with E-state index in [2.05, 4.69) is 26.8 Å². The number of aromatic nitrogens is 2. The number of aliphatic hydroxyl groups is 1. The number of anilines is 1. The molecule has 1 N–H and O–H groups in total. The molecule has 0 spiro atoms. The van der Waals surface area contributed by atoms with Gasteiger partial charge in [-0.1, -0.05) is 0 Å². The number of hydrogen-bond acceptors (Lipinski definition) is 6. The van der Waals surface area contributed by atoms with Crippen LogP contribution in [0.1, 0.15) is 31.4 Å². The highest BCUT2D eigenvalue weighted by atomic mass is 16.5. The average molecular weight is 320 g/mol. The second-order valence-corrected chi connectivity index (χ2v) is 7.02. The van der Waals surface area contributed by atoms with E-state index in [9.17, 15) is 5.11 Å². The summed E-state index contributed by atoms with van der Waals surface area (Å²) in [6.45, 7) is 6.02. The van der Waals surface area contributed by atoms with Gasteiger partial charge in [0.2, 0.25) is 0 Å². The maximum absolute atomic E-state index is 10.6. The normalized spacial score (nSPS) is 27.1. The molecule has 2 aliphatic heterocycles. The van der Waals surface area contributed by atoms with E-state index >= 15 is 0 Å². The second kappa shape index (κ2) is 7.11. The van der Waals surface area contributed by atoms with Crippen LogP contribution in [0.25, 0.3) is 0 Å². The molecule has 1 aromatic rings. The fourth-order valence-corrected chi connectivity index (χ4v) is 3.66. The third-order valence-electron chi connectivity index (χ3n) is 5.08. The number of hydrogen-bond donors (Lipinski definition) is 1. The fraction of sp³-hybridized carbons (Fsp3) is 0.765. The summed E-state index contributed by atoms with van der Waals surface area (Å²) in [5, 5.41) is 10.6. The van der Waals surface area contributed by atoms with Gasteiger partial charge in [-0.05, 0) is 32.6 Å². The van der Waals surface area contributed by atoms with Crippen molar-refractivity contribution in [2.24, 2.45) is 0 Å². The van der Waals surface area contributed by atoms with E-state index < -0.39 is 5.60 Å². The van der Waals surface area contributed by atoms with Gasteiger partial charge in [-0.2, -0.15) is 0 Å². The molecule has 0 bridgehead atoms. The van der Waals surface area contributed by atoms with Gasteiger partial charge in [0.25, 0.3) is 0 Å². The highest BCUT2D eigenvalue weighted by molar-refractivity contribution is 5.39. The summed E-state index contributed by atoms with van der Waals surface area (Å²) in [7, 11) is 2.12. The van der Waals surface area contributed by atoms with Crippen LogP contribution < -0.4 is 4.90 Å². The Morgan fingerprint density at radius 3 is 2.83 bits per heavy atom. The fourth-order valence-electron chi connectivity index (χ4n) is 3.66. The van der Waals surface area contributed by atoms with Crippen molar-refractivity contribution in [2.45, 2.75) is 44.2 Å². The summed E-state index contributed by atoms with van der Waals surface area (Å²) in [4.78, 5) is 13.2. The number of rotatable bonds is 4. The van der Waals surface area contributed by atoms with Crippen molar-refractivity contribution in [2.75, 3.05) is 44.8 Å². The van der Waals surface area contributed by atoms with Crippen LogP contribution in [0.4, 0.5) is 5.82 Å². The van der Waals surface area contributed by atoms with Gasteiger partial charge in [0.05, 0.1) is 6.61 Å². The van der Waals surface area contributed by atoms with Crippen LogP contribution in [0.3, 0.4) is 0 Å². The molecule has 2 saturated heterocycles. The Bertz CT molecular complexity index is 511. The monoisotopic (exact) mass is 320 g/mol. The van der Waals surface area contributed by atoms with Gasteiger partial charge in [0.1, 0.15) is 17.7 Å². The largest absolute Gasteiger partial charge is 0.386 e. The minimum atomic E-state index is -0.652. The number of likely N-dealkylation sites (tertiary alicyclic amines) is 1. The van der Waals surface area contributed by atoms with Crippen LogP contribution >= 0.6 is 0 Å². The van der Waals surface area contributed by atoms with E-state index in [1.165, 1.54) is 0 Å². The summed E-state index contributed by atoms with van der Waals surface area (Å²) >= 11 is 0. The molecule has 3 heterocycles. The van der Waals surface area contributed by atoms with Crippen molar-refractivity contribution < 1.29 is 9.84 Å². The van der Waals surface area contributed by atoms with Gasteiger partial charge in [-0.25, -0.2) is 9.97 Å². The van der Waals surface area contributed by atoms with Crippen LogP contribution in [-0.4, -0.2) is 71.5 Å². The Morgan fingerprint density at radius 1 is 1.39 bits per heavy atom. The Morgan fingerprint density at radius 2 is 2.17 bits per heavy atom. The third kappa shape index (κ3) is 4.19. The van der Waals surface area contributed by atoms with Crippen molar-refractivity contribution in [1.82, 2.24) is 14.9 Å². The van der Waals surface area contributed by atoms with Gasteiger partial charge >= 0.3 is 0 Å². The maximum Gasteiger partial charge on any atom is 0.132 e. The van der Waals surface area contributed by atoms with Crippen molar-refractivity contribution in [1.29, 1.82) is 0 Å². The van der Waals surface area contributed by atoms with E-state index in [0.29, 0.717) is 12.6 Å². The van der Waals surface area contributed by atoms with E-state index in [4.69, 9.17) is 4.74 Å². The molecule has 3 rings (SSSR count). The average Bonchev–Trinajstić information content (AvgIpc) is 2.55. The molecule has 6 nitrogen and oxygen atoms in total. The number of piperidine rings is 1. The minimum absolute atomic E-state index is 0.479. The van der Waals surface area contributed by atoms with E-state index in [0.717, 1.165) is 63.4 Å². The molecule has 1 atom stereocenters. The Kier molecular flexibility index (Phi) is 5.14. The summed E-state index contributed by atoms with van der Waals surface area (Å²) in [6.07, 6.45) is 5.64. The smallest absolute Gasteiger partial charge is 0.132 e. The zero-order valence-corrected chi connectivity index (χ0v) is 14.2. The van der Waals surface area contributed by atoms with Gasteiger partial charge in [0.15, 0.2) is 0 Å². The van der Waals surface area contributed by atoms with Crippen molar-refractivity contribution in [3.05, 3.63) is 18.1 Å². The molecule has 0 aliphatic carbocycles. The van der Waals surface area contributed by atoms with Crippen molar-refractivity contribution >= 4 is 5.82 Å². The van der Waals surface area contributed by atoms with Crippen LogP contribution in [0, 0.1) is 6.92 Å². The zero-order chi connectivity index (χ0) is 16.3. The molecule has 0 saturated carbocycles. The second-order valence-electron chi connectivity index (χ2n) is 7.02. The lowest BCUT2D eigenvalue weighted by Crippen LogP contribution is -2.52. The van der Waals surface area contributed by atoms with Gasteiger partial charge in [0, 0.05) is 51.1 Å². The minimum Gasteiger partial charge on any atom is -0.386 e. The summed E-state index contributed by atoms with van der Waals surface area (Å²) < 4.78 is 5.46. The van der Waals surface area contributed by atoms with Crippen LogP contribution in [0.5, 0.6) is 0 Å². The van der Waals surface area contributed by atoms with Crippen LogP contribution in [0.15, 0.2) is 12.4 Å². The topological polar surface area (TPSA) is 61.7 Å². The Labute approximate surface area is 138 Å². The van der Waals surface area contributed by atoms with Crippen molar-refractivity contribution in [3.63, 3.8) is 0 Å². The molecule has 0 amide bonds. The highest BCUT2D eigenvalue weighted by Gasteiger charge is 2.34. The molecule has 6 heteroatoms. The summed E-state index contributed by atoms with van der Waals surface area (Å²) in [5.74, 6) is 0.996. The quantitative estimate of drug-likeness (QED) is 0.900. The Hall–Kier alpha value is -1.24. The number of aryl methyl sites for hydroxylation is 1. The number of nitrogens with zero attached hydrogens (tertiary/aromatic N) is 4. The lowest BCUT2D eigenvalue weighted by atomic mass is 9.94. The molecule has 23 heavy (non-hydrogen) atoms. The number of ether oxygens (including phenoxy) is 1. The van der Waals surface area contributed by atoms with E-state index in [-0.39, 0.29) is 0 Å². The third-order valence-corrected chi connectivity index (χ3v) is 5.08. The van der Waals surface area contributed by atoms with Gasteiger partial charge in [-0.3, -0.25) is 0 Å². The molecule has 128 valence electrons. The van der Waals surface area contributed by atoms with Gasteiger partial charge in [-0.15, -0.1) is 0 Å². The molecule has 1 unspecified atom stereocenters. The van der Waals surface area contributed by atoms with Crippen LogP contribution in [0.2, 0.25) is 0 Å². The van der Waals surface area contributed by atoms with E-state index in [1.807, 2.05) is 13.0 Å². The first-order valence-corrected chi connectivity index (χ1v) is 8.60. The molecule has 0 aromatic carbocycles.